The minimum Gasteiger partial charge on any atom is -0.479 e. The fourth-order valence-electron chi connectivity index (χ4n) is 1.18. The lowest BCUT2D eigenvalue weighted by Gasteiger charge is -2.13. The van der Waals surface area contributed by atoms with Gasteiger partial charge in [0.05, 0.1) is 0 Å². The quantitative estimate of drug-likeness (QED) is 0.786. The van der Waals surface area contributed by atoms with Crippen molar-refractivity contribution in [1.82, 2.24) is 5.32 Å². The molecule has 80 valence electrons. The van der Waals surface area contributed by atoms with E-state index in [-0.39, 0.29) is 5.56 Å². The van der Waals surface area contributed by atoms with Crippen LogP contribution in [0.5, 0.6) is 0 Å². The van der Waals surface area contributed by atoms with E-state index in [0.29, 0.717) is 0 Å². The molecule has 0 saturated heterocycles. The van der Waals surface area contributed by atoms with Crippen molar-refractivity contribution in [2.24, 2.45) is 0 Å². The van der Waals surface area contributed by atoms with Gasteiger partial charge in [0, 0.05) is 12.5 Å². The third kappa shape index (κ3) is 2.77. The number of benzene rings is 1. The molecule has 5 heteroatoms. The number of hydrogen-bond acceptors (Lipinski definition) is 2. The van der Waals surface area contributed by atoms with Gasteiger partial charge in [0.15, 0.2) is 6.04 Å². The maximum absolute atomic E-state index is 13.2. The van der Waals surface area contributed by atoms with Crippen molar-refractivity contribution in [2.75, 3.05) is 0 Å². The molecular formula is C10H10FNO3. The van der Waals surface area contributed by atoms with Crippen LogP contribution in [-0.2, 0) is 9.59 Å². The molecule has 0 heterocycles. The molecule has 4 nitrogen and oxygen atoms in total. The Morgan fingerprint density at radius 2 is 2.00 bits per heavy atom. The number of hydrogen-bond donors (Lipinski definition) is 2. The highest BCUT2D eigenvalue weighted by molar-refractivity contribution is 5.83. The molecular weight excluding hydrogens is 201 g/mol. The summed E-state index contributed by atoms with van der Waals surface area (Å²) in [7, 11) is 0. The maximum atomic E-state index is 13.2. The second-order valence-corrected chi connectivity index (χ2v) is 2.99. The molecule has 0 bridgehead atoms. The monoisotopic (exact) mass is 211 g/mol. The summed E-state index contributed by atoms with van der Waals surface area (Å²) in [5.74, 6) is -2.47. The predicted octanol–water partition coefficient (Wildman–Crippen LogP) is 1.09. The Bertz CT molecular complexity index is 392. The number of amides is 1. The van der Waals surface area contributed by atoms with Crippen LogP contribution in [0.15, 0.2) is 24.3 Å². The first kappa shape index (κ1) is 11.2. The summed E-state index contributed by atoms with van der Waals surface area (Å²) in [4.78, 5) is 21.6. The van der Waals surface area contributed by atoms with E-state index in [1.165, 1.54) is 25.1 Å². The second kappa shape index (κ2) is 4.54. The molecule has 2 N–H and O–H groups in total. The van der Waals surface area contributed by atoms with E-state index < -0.39 is 23.7 Å². The summed E-state index contributed by atoms with van der Waals surface area (Å²) in [5.41, 5.74) is -0.0554. The van der Waals surface area contributed by atoms with Crippen molar-refractivity contribution in [3.8, 4) is 0 Å². The zero-order valence-corrected chi connectivity index (χ0v) is 8.03. The lowest BCUT2D eigenvalue weighted by Crippen LogP contribution is -2.32. The van der Waals surface area contributed by atoms with Gasteiger partial charge in [-0.15, -0.1) is 0 Å². The van der Waals surface area contributed by atoms with Crippen molar-refractivity contribution in [3.63, 3.8) is 0 Å². The Kier molecular flexibility index (Phi) is 3.38. The average Bonchev–Trinajstić information content (AvgIpc) is 2.15. The number of rotatable bonds is 3. The molecule has 1 atom stereocenters. The van der Waals surface area contributed by atoms with Gasteiger partial charge in [-0.3, -0.25) is 4.79 Å². The molecule has 15 heavy (non-hydrogen) atoms. The average molecular weight is 211 g/mol. The van der Waals surface area contributed by atoms with E-state index in [1.807, 2.05) is 0 Å². The van der Waals surface area contributed by atoms with Crippen LogP contribution in [0.2, 0.25) is 0 Å². The summed E-state index contributed by atoms with van der Waals surface area (Å²) in [6.07, 6.45) is 0. The van der Waals surface area contributed by atoms with Crippen LogP contribution >= 0.6 is 0 Å². The highest BCUT2D eigenvalue weighted by Crippen LogP contribution is 2.16. The van der Waals surface area contributed by atoms with E-state index in [0.717, 1.165) is 6.07 Å². The Labute approximate surface area is 85.7 Å². The molecule has 0 fully saturated rings. The van der Waals surface area contributed by atoms with Gasteiger partial charge in [-0.25, -0.2) is 9.18 Å². The number of carboxylic acids is 1. The van der Waals surface area contributed by atoms with Crippen LogP contribution < -0.4 is 5.32 Å². The second-order valence-electron chi connectivity index (χ2n) is 2.99. The summed E-state index contributed by atoms with van der Waals surface area (Å²) in [6.45, 7) is 1.18. The smallest absolute Gasteiger partial charge is 0.331 e. The molecule has 1 amide bonds. The minimum absolute atomic E-state index is 0.0554. The molecule has 0 aliphatic carbocycles. The van der Waals surface area contributed by atoms with Crippen LogP contribution in [-0.4, -0.2) is 17.0 Å². The Morgan fingerprint density at radius 1 is 1.40 bits per heavy atom. The summed E-state index contributed by atoms with van der Waals surface area (Å²) >= 11 is 0. The molecule has 1 unspecified atom stereocenters. The summed E-state index contributed by atoms with van der Waals surface area (Å²) < 4.78 is 13.2. The molecule has 0 spiro atoms. The van der Waals surface area contributed by atoms with Gasteiger partial charge < -0.3 is 10.4 Å². The van der Waals surface area contributed by atoms with Gasteiger partial charge in [0.1, 0.15) is 5.82 Å². The number of carboxylic acid groups (broad SMARTS) is 1. The number of nitrogens with one attached hydrogen (secondary N) is 1. The van der Waals surface area contributed by atoms with Crippen LogP contribution in [0.1, 0.15) is 18.5 Å². The lowest BCUT2D eigenvalue weighted by atomic mass is 10.1. The van der Waals surface area contributed by atoms with Gasteiger partial charge in [-0.05, 0) is 6.07 Å². The van der Waals surface area contributed by atoms with Gasteiger partial charge >= 0.3 is 5.97 Å². The topological polar surface area (TPSA) is 66.4 Å². The Balaban J connectivity index is 3.04. The van der Waals surface area contributed by atoms with Crippen LogP contribution in [0, 0.1) is 5.82 Å². The minimum atomic E-state index is -1.34. The SMILES string of the molecule is CC(=O)NC(C(=O)O)c1ccccc1F. The standard InChI is InChI=1S/C10H10FNO3/c1-6(13)12-9(10(14)15)7-4-2-3-5-8(7)11/h2-5,9H,1H3,(H,12,13)(H,14,15). The predicted molar refractivity (Wildman–Crippen MR) is 50.6 cm³/mol. The van der Waals surface area contributed by atoms with Crippen molar-refractivity contribution in [3.05, 3.63) is 35.6 Å². The normalized spacial score (nSPS) is 11.9. The first-order valence-corrected chi connectivity index (χ1v) is 4.26. The third-order valence-electron chi connectivity index (χ3n) is 1.81. The molecule has 0 aliphatic heterocycles. The molecule has 0 aromatic heterocycles. The lowest BCUT2D eigenvalue weighted by molar-refractivity contribution is -0.141. The summed E-state index contributed by atoms with van der Waals surface area (Å²) in [6, 6.07) is 4.09. The van der Waals surface area contributed by atoms with Gasteiger partial charge in [0.2, 0.25) is 5.91 Å². The van der Waals surface area contributed by atoms with E-state index >= 15 is 0 Å². The summed E-state index contributed by atoms with van der Waals surface area (Å²) in [5, 5.41) is 11.0. The van der Waals surface area contributed by atoms with E-state index in [1.54, 1.807) is 0 Å². The fraction of sp³-hybridized carbons (Fsp3) is 0.200. The molecule has 1 aromatic rings. The highest BCUT2D eigenvalue weighted by Gasteiger charge is 2.23. The van der Waals surface area contributed by atoms with E-state index in [2.05, 4.69) is 5.32 Å². The molecule has 0 radical (unpaired) electrons. The van der Waals surface area contributed by atoms with Gasteiger partial charge in [0.25, 0.3) is 0 Å². The van der Waals surface area contributed by atoms with Crippen molar-refractivity contribution in [2.45, 2.75) is 13.0 Å². The Hall–Kier alpha value is -1.91. The van der Waals surface area contributed by atoms with E-state index in [9.17, 15) is 14.0 Å². The molecule has 1 aromatic carbocycles. The Morgan fingerprint density at radius 3 is 2.47 bits per heavy atom. The first-order valence-electron chi connectivity index (χ1n) is 4.26. The number of aliphatic carboxylic acids is 1. The number of halogens is 1. The zero-order chi connectivity index (χ0) is 11.4. The molecule has 1 rings (SSSR count). The van der Waals surface area contributed by atoms with Crippen LogP contribution in [0.4, 0.5) is 4.39 Å². The van der Waals surface area contributed by atoms with Crippen LogP contribution in [0.25, 0.3) is 0 Å². The molecule has 0 aliphatic rings. The highest BCUT2D eigenvalue weighted by atomic mass is 19.1. The van der Waals surface area contributed by atoms with Gasteiger partial charge in [-0.1, -0.05) is 18.2 Å². The first-order chi connectivity index (χ1) is 7.02. The van der Waals surface area contributed by atoms with Crippen molar-refractivity contribution in [1.29, 1.82) is 0 Å². The number of carbonyl (C=O) groups excluding carboxylic acids is 1. The van der Waals surface area contributed by atoms with Crippen molar-refractivity contribution < 1.29 is 19.1 Å². The maximum Gasteiger partial charge on any atom is 0.331 e. The van der Waals surface area contributed by atoms with Gasteiger partial charge in [-0.2, -0.15) is 0 Å². The largest absolute Gasteiger partial charge is 0.479 e. The van der Waals surface area contributed by atoms with Crippen molar-refractivity contribution >= 4 is 11.9 Å². The van der Waals surface area contributed by atoms with E-state index in [4.69, 9.17) is 5.11 Å². The number of carbonyl (C=O) groups is 2. The fourth-order valence-corrected chi connectivity index (χ4v) is 1.18. The molecule has 0 saturated carbocycles. The third-order valence-corrected chi connectivity index (χ3v) is 1.81. The van der Waals surface area contributed by atoms with Crippen LogP contribution in [0.3, 0.4) is 0 Å². The zero-order valence-electron chi connectivity index (χ0n) is 8.03.